The molecule has 0 spiro atoms. The van der Waals surface area contributed by atoms with Crippen LogP contribution < -0.4 is 5.32 Å². The summed E-state index contributed by atoms with van der Waals surface area (Å²) < 4.78 is 0. The van der Waals surface area contributed by atoms with Crippen LogP contribution in [0.25, 0.3) is 0 Å². The molecule has 2 heteroatoms. The quantitative estimate of drug-likeness (QED) is 0.432. The van der Waals surface area contributed by atoms with Crippen molar-refractivity contribution in [3.05, 3.63) is 6.92 Å². The van der Waals surface area contributed by atoms with Gasteiger partial charge in [-0.15, -0.1) is 0 Å². The maximum atomic E-state index is 12.0. The van der Waals surface area contributed by atoms with Crippen molar-refractivity contribution in [2.75, 3.05) is 6.54 Å². The molecule has 1 atom stereocenters. The average Bonchev–Trinajstić information content (AvgIpc) is 2.46. The van der Waals surface area contributed by atoms with Crippen LogP contribution in [0.15, 0.2) is 0 Å². The number of nitrogens with one attached hydrogen (secondary N) is 1. The van der Waals surface area contributed by atoms with Gasteiger partial charge in [0.1, 0.15) is 0 Å². The zero-order valence-corrected chi connectivity index (χ0v) is 13.9. The van der Waals surface area contributed by atoms with E-state index in [0.29, 0.717) is 0 Å². The lowest BCUT2D eigenvalue weighted by Gasteiger charge is -2.14. The highest BCUT2D eigenvalue weighted by Gasteiger charge is 2.14. The Kier molecular flexibility index (Phi) is 14.5. The molecule has 0 fully saturated rings. The number of carbonyl (C=O) groups excluding carboxylic acids is 1. The van der Waals surface area contributed by atoms with Crippen LogP contribution in [-0.2, 0) is 4.79 Å². The van der Waals surface area contributed by atoms with Crippen molar-refractivity contribution >= 4 is 5.91 Å². The fraction of sp³-hybridized carbons (Fsp3) is 0.889. The van der Waals surface area contributed by atoms with E-state index in [1.807, 2.05) is 0 Å². The van der Waals surface area contributed by atoms with Crippen LogP contribution in [-0.4, -0.2) is 12.5 Å². The van der Waals surface area contributed by atoms with Crippen LogP contribution in [0, 0.1) is 12.8 Å². The first-order valence-corrected chi connectivity index (χ1v) is 8.83. The SMILES string of the molecule is [CH2]CCCCCCCCCNC(=O)C(CC)CCCC. The summed E-state index contributed by atoms with van der Waals surface area (Å²) in [5.41, 5.74) is 0. The van der Waals surface area contributed by atoms with Crippen molar-refractivity contribution < 1.29 is 4.79 Å². The Morgan fingerprint density at radius 2 is 1.55 bits per heavy atom. The molecule has 0 aliphatic rings. The van der Waals surface area contributed by atoms with Crippen molar-refractivity contribution in [2.24, 2.45) is 5.92 Å². The van der Waals surface area contributed by atoms with Gasteiger partial charge < -0.3 is 5.32 Å². The van der Waals surface area contributed by atoms with E-state index >= 15 is 0 Å². The molecule has 20 heavy (non-hydrogen) atoms. The van der Waals surface area contributed by atoms with Gasteiger partial charge in [-0.25, -0.2) is 0 Å². The lowest BCUT2D eigenvalue weighted by Crippen LogP contribution is -2.31. The second-order valence-corrected chi connectivity index (χ2v) is 5.87. The van der Waals surface area contributed by atoms with E-state index in [1.165, 1.54) is 51.4 Å². The second-order valence-electron chi connectivity index (χ2n) is 5.87. The molecule has 0 aromatic carbocycles. The summed E-state index contributed by atoms with van der Waals surface area (Å²) in [7, 11) is 0. The predicted octanol–water partition coefficient (Wildman–Crippen LogP) is 5.27. The van der Waals surface area contributed by atoms with E-state index in [4.69, 9.17) is 0 Å². The van der Waals surface area contributed by atoms with Crippen molar-refractivity contribution in [1.82, 2.24) is 5.32 Å². The minimum Gasteiger partial charge on any atom is -0.356 e. The van der Waals surface area contributed by atoms with Crippen molar-refractivity contribution in [2.45, 2.75) is 90.9 Å². The van der Waals surface area contributed by atoms with E-state index in [1.54, 1.807) is 0 Å². The molecule has 0 bridgehead atoms. The second kappa shape index (κ2) is 14.9. The number of rotatable bonds is 14. The standard InChI is InChI=1S/C18H36NO/c1-4-7-9-10-11-12-13-14-16-19-18(20)17(6-3)15-8-5-2/h17H,1,4-16H2,2-3H3,(H,19,20). The van der Waals surface area contributed by atoms with Crippen molar-refractivity contribution in [3.8, 4) is 0 Å². The third kappa shape index (κ3) is 11.3. The van der Waals surface area contributed by atoms with Gasteiger partial charge in [0.15, 0.2) is 0 Å². The highest BCUT2D eigenvalue weighted by molar-refractivity contribution is 5.78. The average molecular weight is 282 g/mol. The number of hydrogen-bond acceptors (Lipinski definition) is 1. The Bertz CT molecular complexity index is 215. The molecule has 1 unspecified atom stereocenters. The minimum atomic E-state index is 0.234. The van der Waals surface area contributed by atoms with E-state index in [-0.39, 0.29) is 11.8 Å². The van der Waals surface area contributed by atoms with Gasteiger partial charge in [0.2, 0.25) is 5.91 Å². The first kappa shape index (κ1) is 19.5. The highest BCUT2D eigenvalue weighted by Crippen LogP contribution is 2.12. The Morgan fingerprint density at radius 3 is 2.10 bits per heavy atom. The van der Waals surface area contributed by atoms with Gasteiger partial charge in [0.25, 0.3) is 0 Å². The lowest BCUT2D eigenvalue weighted by molar-refractivity contribution is -0.125. The van der Waals surface area contributed by atoms with Gasteiger partial charge in [0, 0.05) is 12.5 Å². The summed E-state index contributed by atoms with van der Waals surface area (Å²) in [6.07, 6.45) is 14.4. The van der Waals surface area contributed by atoms with Crippen LogP contribution in [0.4, 0.5) is 0 Å². The summed E-state index contributed by atoms with van der Waals surface area (Å²) in [5, 5.41) is 3.11. The Balaban J connectivity index is 3.41. The number of hydrogen-bond donors (Lipinski definition) is 1. The van der Waals surface area contributed by atoms with Gasteiger partial charge in [-0.3, -0.25) is 4.79 Å². The number of carbonyl (C=O) groups is 1. The molecular weight excluding hydrogens is 246 g/mol. The fourth-order valence-electron chi connectivity index (χ4n) is 2.51. The molecule has 1 N–H and O–H groups in total. The molecular formula is C18H36NO. The van der Waals surface area contributed by atoms with Gasteiger partial charge >= 0.3 is 0 Å². The lowest BCUT2D eigenvalue weighted by atomic mass is 9.98. The van der Waals surface area contributed by atoms with Gasteiger partial charge in [-0.05, 0) is 19.3 Å². The molecule has 0 aromatic rings. The van der Waals surface area contributed by atoms with E-state index < -0.39 is 0 Å². The summed E-state index contributed by atoms with van der Waals surface area (Å²) in [6.45, 7) is 9.02. The van der Waals surface area contributed by atoms with Crippen molar-refractivity contribution in [3.63, 3.8) is 0 Å². The molecule has 0 saturated carbocycles. The van der Waals surface area contributed by atoms with E-state index in [0.717, 1.165) is 32.2 Å². The van der Waals surface area contributed by atoms with Gasteiger partial charge in [0.05, 0.1) is 0 Å². The number of unbranched alkanes of at least 4 members (excludes halogenated alkanes) is 8. The third-order valence-electron chi connectivity index (χ3n) is 4.00. The molecule has 0 rings (SSSR count). The molecule has 0 aromatic heterocycles. The first-order valence-electron chi connectivity index (χ1n) is 8.83. The molecule has 2 nitrogen and oxygen atoms in total. The smallest absolute Gasteiger partial charge is 0.223 e. The maximum absolute atomic E-state index is 12.0. The van der Waals surface area contributed by atoms with Crippen molar-refractivity contribution in [1.29, 1.82) is 0 Å². The summed E-state index contributed by atoms with van der Waals surface area (Å²) in [4.78, 5) is 12.0. The van der Waals surface area contributed by atoms with Crippen LogP contribution in [0.3, 0.4) is 0 Å². The normalized spacial score (nSPS) is 12.3. The number of amides is 1. The third-order valence-corrected chi connectivity index (χ3v) is 4.00. The Labute approximate surface area is 127 Å². The highest BCUT2D eigenvalue weighted by atomic mass is 16.1. The van der Waals surface area contributed by atoms with Crippen LogP contribution in [0.2, 0.25) is 0 Å². The molecule has 1 radical (unpaired) electrons. The van der Waals surface area contributed by atoms with Crippen LogP contribution in [0.5, 0.6) is 0 Å². The van der Waals surface area contributed by atoms with E-state index in [9.17, 15) is 4.79 Å². The molecule has 0 heterocycles. The molecule has 0 saturated heterocycles. The minimum absolute atomic E-state index is 0.234. The zero-order chi connectivity index (χ0) is 15.1. The summed E-state index contributed by atoms with van der Waals surface area (Å²) in [5.74, 6) is 0.508. The van der Waals surface area contributed by atoms with Crippen LogP contribution >= 0.6 is 0 Å². The monoisotopic (exact) mass is 282 g/mol. The van der Waals surface area contributed by atoms with E-state index in [2.05, 4.69) is 26.1 Å². The predicted molar refractivity (Wildman–Crippen MR) is 88.6 cm³/mol. The maximum Gasteiger partial charge on any atom is 0.223 e. The van der Waals surface area contributed by atoms with Crippen LogP contribution in [0.1, 0.15) is 90.9 Å². The Hall–Kier alpha value is -0.530. The summed E-state index contributed by atoms with van der Waals surface area (Å²) >= 11 is 0. The molecule has 0 aliphatic heterocycles. The molecule has 1 amide bonds. The van der Waals surface area contributed by atoms with Gasteiger partial charge in [-0.2, -0.15) is 0 Å². The van der Waals surface area contributed by atoms with Gasteiger partial charge in [-0.1, -0.05) is 78.6 Å². The fourth-order valence-corrected chi connectivity index (χ4v) is 2.51. The molecule has 0 aliphatic carbocycles. The Morgan fingerprint density at radius 1 is 0.950 bits per heavy atom. The topological polar surface area (TPSA) is 29.1 Å². The zero-order valence-electron chi connectivity index (χ0n) is 13.9. The largest absolute Gasteiger partial charge is 0.356 e. The first-order chi connectivity index (χ1) is 9.76. The summed E-state index contributed by atoms with van der Waals surface area (Å²) in [6, 6.07) is 0. The molecule has 119 valence electrons.